The molecule has 0 aliphatic rings. The second-order valence-electron chi connectivity index (χ2n) is 2.82. The van der Waals surface area contributed by atoms with E-state index in [9.17, 15) is 17.2 Å². The Morgan fingerprint density at radius 3 is 2.29 bits per heavy atom. The molecule has 0 N–H and O–H groups in total. The van der Waals surface area contributed by atoms with Crippen molar-refractivity contribution in [2.24, 2.45) is 0 Å². The van der Waals surface area contributed by atoms with E-state index in [-0.39, 0.29) is 11.6 Å². The average molecular weight is 288 g/mol. The third kappa shape index (κ3) is 2.95. The van der Waals surface area contributed by atoms with Gasteiger partial charge in [0.2, 0.25) is 5.88 Å². The van der Waals surface area contributed by atoms with Crippen LogP contribution >= 0.6 is 10.7 Å². The highest BCUT2D eigenvalue weighted by molar-refractivity contribution is 8.13. The van der Waals surface area contributed by atoms with E-state index >= 15 is 0 Å². The maximum Gasteiger partial charge on any atom is 0.279 e. The van der Waals surface area contributed by atoms with Crippen LogP contribution in [0, 0.1) is 0 Å². The van der Waals surface area contributed by atoms with Gasteiger partial charge in [0.25, 0.3) is 15.5 Å². The molecule has 1 aromatic rings. The fraction of sp³-hybridized carbons (Fsp3) is 0.375. The van der Waals surface area contributed by atoms with E-state index in [0.29, 0.717) is 0 Å². The molecule has 1 rings (SSSR count). The maximum absolute atomic E-state index is 12.8. The summed E-state index contributed by atoms with van der Waals surface area (Å²) in [4.78, 5) is 3.39. The number of alkyl halides is 2. The zero-order chi connectivity index (χ0) is 13.2. The van der Waals surface area contributed by atoms with E-state index in [4.69, 9.17) is 10.7 Å². The normalized spacial score (nSPS) is 11.6. The molecule has 0 saturated carbocycles. The minimum atomic E-state index is -4.42. The predicted molar refractivity (Wildman–Crippen MR) is 55.3 cm³/mol. The fourth-order valence-electron chi connectivity index (χ4n) is 1.15. The van der Waals surface area contributed by atoms with Gasteiger partial charge in [-0.2, -0.15) is 4.98 Å². The van der Waals surface area contributed by atoms with Crippen LogP contribution < -0.4 is 9.47 Å². The van der Waals surface area contributed by atoms with Crippen LogP contribution in [0.3, 0.4) is 0 Å². The standard InChI is InChI=1S/C8H8ClF2NO4S/c1-15-4-3-5(16-2)12-8(17(9,13)14)6(4)7(10)11/h3,7H,1-2H3. The average Bonchev–Trinajstić information content (AvgIpc) is 2.25. The summed E-state index contributed by atoms with van der Waals surface area (Å²) in [6.07, 6.45) is -3.09. The number of rotatable bonds is 4. The van der Waals surface area contributed by atoms with Gasteiger partial charge in [0.1, 0.15) is 5.75 Å². The first-order chi connectivity index (χ1) is 7.81. The van der Waals surface area contributed by atoms with E-state index < -0.39 is 26.1 Å². The highest BCUT2D eigenvalue weighted by Gasteiger charge is 2.29. The Hall–Kier alpha value is -1.15. The van der Waals surface area contributed by atoms with Crippen molar-refractivity contribution in [1.29, 1.82) is 0 Å². The monoisotopic (exact) mass is 287 g/mol. The second kappa shape index (κ2) is 5.01. The molecule has 0 radical (unpaired) electrons. The van der Waals surface area contributed by atoms with Crippen LogP contribution in [0.4, 0.5) is 8.78 Å². The summed E-state index contributed by atoms with van der Waals surface area (Å²) in [5.41, 5.74) is -0.886. The molecule has 1 aromatic heterocycles. The Morgan fingerprint density at radius 1 is 1.35 bits per heavy atom. The number of hydrogen-bond donors (Lipinski definition) is 0. The van der Waals surface area contributed by atoms with E-state index in [1.165, 1.54) is 7.11 Å². The van der Waals surface area contributed by atoms with Crippen molar-refractivity contribution < 1.29 is 26.7 Å². The summed E-state index contributed by atoms with van der Waals surface area (Å²) in [5.74, 6) is -0.545. The van der Waals surface area contributed by atoms with E-state index in [1.54, 1.807) is 0 Å². The third-order valence-corrected chi connectivity index (χ3v) is 3.05. The van der Waals surface area contributed by atoms with E-state index in [2.05, 4.69) is 14.5 Å². The Bertz CT molecular complexity index is 521. The third-order valence-electron chi connectivity index (χ3n) is 1.84. The molecule has 5 nitrogen and oxygen atoms in total. The Labute approximate surface area is 101 Å². The Kier molecular flexibility index (Phi) is 4.10. The minimum Gasteiger partial charge on any atom is -0.496 e. The van der Waals surface area contributed by atoms with Gasteiger partial charge in [0.05, 0.1) is 19.8 Å². The van der Waals surface area contributed by atoms with Crippen molar-refractivity contribution >= 4 is 19.7 Å². The van der Waals surface area contributed by atoms with Gasteiger partial charge >= 0.3 is 0 Å². The van der Waals surface area contributed by atoms with Crippen LogP contribution in [0.2, 0.25) is 0 Å². The highest BCUT2D eigenvalue weighted by atomic mass is 35.7. The summed E-state index contributed by atoms with van der Waals surface area (Å²) in [5, 5.41) is -0.967. The summed E-state index contributed by atoms with van der Waals surface area (Å²) in [7, 11) is 2.93. The SMILES string of the molecule is COc1cc(OC)c(C(F)F)c(S(=O)(=O)Cl)n1. The molecule has 0 fully saturated rings. The van der Waals surface area contributed by atoms with Gasteiger partial charge in [0.15, 0.2) is 5.03 Å². The minimum absolute atomic E-state index is 0.189. The topological polar surface area (TPSA) is 65.5 Å². The van der Waals surface area contributed by atoms with Gasteiger partial charge in [-0.3, -0.25) is 0 Å². The fourth-order valence-corrected chi connectivity index (χ4v) is 2.15. The molecule has 0 aliphatic carbocycles. The first-order valence-electron chi connectivity index (χ1n) is 4.17. The molecule has 0 bridgehead atoms. The lowest BCUT2D eigenvalue weighted by atomic mass is 10.2. The first kappa shape index (κ1) is 13.9. The Balaban J connectivity index is 3.64. The molecule has 0 atom stereocenters. The number of aromatic nitrogens is 1. The van der Waals surface area contributed by atoms with Gasteiger partial charge in [-0.15, -0.1) is 0 Å². The van der Waals surface area contributed by atoms with Gasteiger partial charge in [-0.05, 0) is 0 Å². The van der Waals surface area contributed by atoms with Gasteiger partial charge in [-0.1, -0.05) is 0 Å². The summed E-state index contributed by atoms with van der Waals surface area (Å²) < 4.78 is 57.2. The lowest BCUT2D eigenvalue weighted by Crippen LogP contribution is -2.06. The molecule has 1 heterocycles. The van der Waals surface area contributed by atoms with Crippen molar-refractivity contribution in [2.45, 2.75) is 11.5 Å². The molecular formula is C8H8ClF2NO4S. The molecule has 0 unspecified atom stereocenters. The Morgan fingerprint density at radius 2 is 1.94 bits per heavy atom. The number of ether oxygens (including phenoxy) is 2. The van der Waals surface area contributed by atoms with Crippen molar-refractivity contribution in [1.82, 2.24) is 4.98 Å². The van der Waals surface area contributed by atoms with Crippen LogP contribution in [0.25, 0.3) is 0 Å². The largest absolute Gasteiger partial charge is 0.496 e. The van der Waals surface area contributed by atoms with Crippen molar-refractivity contribution in [2.75, 3.05) is 14.2 Å². The molecule has 0 aliphatic heterocycles. The predicted octanol–water partition coefficient (Wildman–Crippen LogP) is 1.96. The summed E-state index contributed by atoms with van der Waals surface area (Å²) in [6.45, 7) is 0. The van der Waals surface area contributed by atoms with Crippen LogP contribution in [-0.4, -0.2) is 27.6 Å². The van der Waals surface area contributed by atoms with Crippen LogP contribution in [0.5, 0.6) is 11.6 Å². The zero-order valence-corrected chi connectivity index (χ0v) is 10.3. The number of hydrogen-bond acceptors (Lipinski definition) is 5. The molecule has 0 spiro atoms. The van der Waals surface area contributed by atoms with Crippen molar-refractivity contribution in [3.63, 3.8) is 0 Å². The van der Waals surface area contributed by atoms with Gasteiger partial charge < -0.3 is 9.47 Å². The number of halogens is 3. The molecule has 0 saturated heterocycles. The molecular weight excluding hydrogens is 280 g/mol. The number of pyridine rings is 1. The number of methoxy groups -OCH3 is 2. The maximum atomic E-state index is 12.8. The lowest BCUT2D eigenvalue weighted by Gasteiger charge is -2.12. The summed E-state index contributed by atoms with van der Waals surface area (Å²) >= 11 is 0. The van der Waals surface area contributed by atoms with Gasteiger partial charge in [-0.25, -0.2) is 17.2 Å². The lowest BCUT2D eigenvalue weighted by molar-refractivity contribution is 0.142. The smallest absolute Gasteiger partial charge is 0.279 e. The van der Waals surface area contributed by atoms with Crippen LogP contribution in [0.15, 0.2) is 11.1 Å². The molecule has 17 heavy (non-hydrogen) atoms. The second-order valence-corrected chi connectivity index (χ2v) is 5.31. The number of nitrogens with zero attached hydrogens (tertiary/aromatic N) is 1. The van der Waals surface area contributed by atoms with Crippen LogP contribution in [-0.2, 0) is 9.05 Å². The van der Waals surface area contributed by atoms with Gasteiger partial charge in [0, 0.05) is 16.7 Å². The van der Waals surface area contributed by atoms with Crippen molar-refractivity contribution in [3.05, 3.63) is 11.6 Å². The van der Waals surface area contributed by atoms with Crippen LogP contribution in [0.1, 0.15) is 12.0 Å². The quantitative estimate of drug-likeness (QED) is 0.792. The highest BCUT2D eigenvalue weighted by Crippen LogP contribution is 2.37. The van der Waals surface area contributed by atoms with E-state index in [0.717, 1.165) is 13.2 Å². The summed E-state index contributed by atoms with van der Waals surface area (Å²) in [6, 6.07) is 1.05. The van der Waals surface area contributed by atoms with E-state index in [1.807, 2.05) is 0 Å². The molecule has 96 valence electrons. The molecule has 0 aromatic carbocycles. The zero-order valence-electron chi connectivity index (χ0n) is 8.78. The molecule has 9 heteroatoms. The van der Waals surface area contributed by atoms with Crippen molar-refractivity contribution in [3.8, 4) is 11.6 Å². The molecule has 0 amide bonds. The first-order valence-corrected chi connectivity index (χ1v) is 6.48.